The smallest absolute Gasteiger partial charge is 0.262 e. The van der Waals surface area contributed by atoms with Crippen LogP contribution in [0.1, 0.15) is 5.69 Å². The maximum Gasteiger partial charge on any atom is 0.262 e. The van der Waals surface area contributed by atoms with Crippen LogP contribution < -0.4 is 24.3 Å². The monoisotopic (exact) mass is 474 g/mol. The second-order valence-corrected chi connectivity index (χ2v) is 7.96. The molecule has 7 nitrogen and oxygen atoms in total. The number of halogens is 1. The molecule has 1 amide bonds. The number of pyridine rings is 1. The fourth-order valence-corrected chi connectivity index (χ4v) is 3.66. The molecule has 0 fully saturated rings. The molecule has 0 unspecified atom stereocenters. The van der Waals surface area contributed by atoms with Gasteiger partial charge >= 0.3 is 0 Å². The molecule has 1 aromatic heterocycles. The first-order chi connectivity index (χ1) is 15.5. The van der Waals surface area contributed by atoms with Crippen molar-refractivity contribution in [3.8, 4) is 23.0 Å². The van der Waals surface area contributed by atoms with E-state index in [1.165, 1.54) is 14.2 Å². The summed E-state index contributed by atoms with van der Waals surface area (Å²) in [6.45, 7) is -0.209. The van der Waals surface area contributed by atoms with Crippen LogP contribution in [0.15, 0.2) is 59.6 Å². The molecule has 32 heavy (non-hydrogen) atoms. The predicted molar refractivity (Wildman–Crippen MR) is 125 cm³/mol. The van der Waals surface area contributed by atoms with Gasteiger partial charge in [-0.15, -0.1) is 11.8 Å². The Morgan fingerprint density at radius 2 is 1.72 bits per heavy atom. The van der Waals surface area contributed by atoms with Crippen LogP contribution in [-0.2, 0) is 10.5 Å². The number of nitrogens with zero attached hydrogens (tertiary/aromatic N) is 1. The van der Waals surface area contributed by atoms with E-state index in [2.05, 4.69) is 10.3 Å². The van der Waals surface area contributed by atoms with Gasteiger partial charge in [0, 0.05) is 27.8 Å². The number of anilines is 1. The molecule has 0 saturated heterocycles. The van der Waals surface area contributed by atoms with Crippen molar-refractivity contribution in [3.05, 3.63) is 65.4 Å². The Balaban J connectivity index is 1.62. The van der Waals surface area contributed by atoms with Crippen LogP contribution in [0, 0.1) is 0 Å². The number of carbonyl (C=O) groups is 1. The molecule has 3 aromatic rings. The number of methoxy groups -OCH3 is 3. The summed E-state index contributed by atoms with van der Waals surface area (Å²) in [5.74, 6) is 2.27. The molecule has 168 valence electrons. The van der Waals surface area contributed by atoms with Gasteiger partial charge in [0.25, 0.3) is 5.91 Å². The third-order valence-electron chi connectivity index (χ3n) is 4.35. The summed E-state index contributed by atoms with van der Waals surface area (Å²) in [6, 6.07) is 14.5. The molecule has 3 rings (SSSR count). The van der Waals surface area contributed by atoms with Gasteiger partial charge in [0.2, 0.25) is 0 Å². The van der Waals surface area contributed by atoms with E-state index in [4.69, 9.17) is 30.5 Å². The second-order valence-electron chi connectivity index (χ2n) is 6.47. The van der Waals surface area contributed by atoms with Crippen molar-refractivity contribution in [1.82, 2.24) is 4.98 Å². The van der Waals surface area contributed by atoms with Gasteiger partial charge in [-0.1, -0.05) is 11.6 Å². The van der Waals surface area contributed by atoms with Gasteiger partial charge in [-0.3, -0.25) is 9.78 Å². The van der Waals surface area contributed by atoms with Crippen LogP contribution in [0.3, 0.4) is 0 Å². The second kappa shape index (κ2) is 11.5. The zero-order valence-electron chi connectivity index (χ0n) is 17.9. The van der Waals surface area contributed by atoms with Crippen LogP contribution >= 0.6 is 23.4 Å². The van der Waals surface area contributed by atoms with Crippen molar-refractivity contribution >= 4 is 35.0 Å². The third-order valence-corrected chi connectivity index (χ3v) is 5.65. The van der Waals surface area contributed by atoms with Crippen molar-refractivity contribution in [3.63, 3.8) is 0 Å². The first-order valence-corrected chi connectivity index (χ1v) is 10.9. The van der Waals surface area contributed by atoms with Crippen LogP contribution in [0.25, 0.3) is 0 Å². The Morgan fingerprint density at radius 1 is 0.969 bits per heavy atom. The third kappa shape index (κ3) is 6.45. The van der Waals surface area contributed by atoms with Crippen molar-refractivity contribution in [2.45, 2.75) is 10.6 Å². The molecule has 0 aliphatic rings. The van der Waals surface area contributed by atoms with Gasteiger partial charge in [-0.05, 0) is 36.4 Å². The molecule has 1 heterocycles. The van der Waals surface area contributed by atoms with Gasteiger partial charge in [0.05, 0.1) is 38.9 Å². The maximum absolute atomic E-state index is 12.4. The highest BCUT2D eigenvalue weighted by atomic mass is 35.5. The average molecular weight is 475 g/mol. The van der Waals surface area contributed by atoms with E-state index < -0.39 is 0 Å². The maximum atomic E-state index is 12.4. The SMILES string of the molecule is COc1ccc(NC(=O)COc2cc(CSc3ccc(Cl)cc3)ncc2OC)c(OC)c1. The summed E-state index contributed by atoms with van der Waals surface area (Å²) in [4.78, 5) is 17.9. The van der Waals surface area contributed by atoms with Crippen LogP contribution in [0.4, 0.5) is 5.69 Å². The number of aromatic nitrogens is 1. The minimum absolute atomic E-state index is 0.209. The Kier molecular flexibility index (Phi) is 8.47. The standard InChI is InChI=1S/C23H23ClN2O5S/c1-28-17-6-9-19(20(11-17)29-2)26-23(27)13-31-21-10-16(25-12-22(21)30-3)14-32-18-7-4-15(24)5-8-18/h4-12H,13-14H2,1-3H3,(H,26,27). The van der Waals surface area contributed by atoms with Crippen LogP contribution in [0.5, 0.6) is 23.0 Å². The number of benzene rings is 2. The lowest BCUT2D eigenvalue weighted by Crippen LogP contribution is -2.20. The first-order valence-electron chi connectivity index (χ1n) is 9.58. The lowest BCUT2D eigenvalue weighted by Gasteiger charge is -2.14. The fraction of sp³-hybridized carbons (Fsp3) is 0.217. The number of ether oxygens (including phenoxy) is 4. The molecule has 0 saturated carbocycles. The quantitative estimate of drug-likeness (QED) is 0.411. The van der Waals surface area contributed by atoms with Crippen molar-refractivity contribution in [1.29, 1.82) is 0 Å². The average Bonchev–Trinajstić information content (AvgIpc) is 2.82. The molecule has 0 aliphatic heterocycles. The normalized spacial score (nSPS) is 10.4. The van der Waals surface area contributed by atoms with Gasteiger partial charge in [0.1, 0.15) is 11.5 Å². The van der Waals surface area contributed by atoms with E-state index in [0.29, 0.717) is 39.5 Å². The van der Waals surface area contributed by atoms with Crippen molar-refractivity contribution in [2.75, 3.05) is 33.3 Å². The Labute approximate surface area is 196 Å². The van der Waals surface area contributed by atoms with E-state index in [9.17, 15) is 4.79 Å². The number of nitrogens with one attached hydrogen (secondary N) is 1. The first kappa shape index (κ1) is 23.6. The number of hydrogen-bond donors (Lipinski definition) is 1. The van der Waals surface area contributed by atoms with E-state index in [0.717, 1.165) is 10.6 Å². The zero-order valence-corrected chi connectivity index (χ0v) is 19.5. The molecule has 9 heteroatoms. The van der Waals surface area contributed by atoms with E-state index >= 15 is 0 Å². The molecule has 0 atom stereocenters. The van der Waals surface area contributed by atoms with E-state index in [1.54, 1.807) is 49.3 Å². The summed E-state index contributed by atoms with van der Waals surface area (Å²) in [5.41, 5.74) is 1.31. The molecule has 0 radical (unpaired) electrons. The van der Waals surface area contributed by atoms with Gasteiger partial charge in [-0.25, -0.2) is 0 Å². The van der Waals surface area contributed by atoms with Crippen molar-refractivity contribution < 1.29 is 23.7 Å². The molecule has 0 bridgehead atoms. The highest BCUT2D eigenvalue weighted by Gasteiger charge is 2.13. The predicted octanol–water partition coefficient (Wildman–Crippen LogP) is 5.07. The topological polar surface area (TPSA) is 78.9 Å². The molecule has 0 aliphatic carbocycles. The summed E-state index contributed by atoms with van der Waals surface area (Å²) < 4.78 is 21.5. The highest BCUT2D eigenvalue weighted by molar-refractivity contribution is 7.98. The van der Waals surface area contributed by atoms with E-state index in [-0.39, 0.29) is 12.5 Å². The number of hydrogen-bond acceptors (Lipinski definition) is 7. The highest BCUT2D eigenvalue weighted by Crippen LogP contribution is 2.31. The fourth-order valence-electron chi connectivity index (χ4n) is 2.73. The Hall–Kier alpha value is -3.10. The number of rotatable bonds is 10. The lowest BCUT2D eigenvalue weighted by molar-refractivity contribution is -0.118. The van der Waals surface area contributed by atoms with E-state index in [1.807, 2.05) is 24.3 Å². The molecular weight excluding hydrogens is 452 g/mol. The van der Waals surface area contributed by atoms with Crippen LogP contribution in [-0.4, -0.2) is 38.8 Å². The minimum Gasteiger partial charge on any atom is -0.497 e. The number of thioether (sulfide) groups is 1. The summed E-state index contributed by atoms with van der Waals surface area (Å²) in [5, 5.41) is 3.46. The largest absolute Gasteiger partial charge is 0.497 e. The molecular formula is C23H23ClN2O5S. The molecule has 2 aromatic carbocycles. The van der Waals surface area contributed by atoms with Gasteiger partial charge in [0.15, 0.2) is 18.1 Å². The number of carbonyl (C=O) groups excluding carboxylic acids is 1. The number of amides is 1. The lowest BCUT2D eigenvalue weighted by atomic mass is 10.2. The van der Waals surface area contributed by atoms with Gasteiger partial charge in [-0.2, -0.15) is 0 Å². The van der Waals surface area contributed by atoms with Crippen molar-refractivity contribution in [2.24, 2.45) is 0 Å². The van der Waals surface area contributed by atoms with Gasteiger partial charge < -0.3 is 24.3 Å². The Bertz CT molecular complexity index is 1060. The van der Waals surface area contributed by atoms with Crippen LogP contribution in [0.2, 0.25) is 5.02 Å². The summed E-state index contributed by atoms with van der Waals surface area (Å²) in [6.07, 6.45) is 1.58. The summed E-state index contributed by atoms with van der Waals surface area (Å²) >= 11 is 7.54. The zero-order chi connectivity index (χ0) is 22.9. The minimum atomic E-state index is -0.343. The molecule has 1 N–H and O–H groups in total. The Morgan fingerprint density at radius 3 is 2.41 bits per heavy atom. The molecule has 0 spiro atoms. The summed E-state index contributed by atoms with van der Waals surface area (Å²) in [7, 11) is 4.60.